The van der Waals surface area contributed by atoms with Crippen molar-refractivity contribution in [3.63, 3.8) is 0 Å². The molecule has 1 atom stereocenters. The molecule has 0 radical (unpaired) electrons. The van der Waals surface area contributed by atoms with Gasteiger partial charge in [0.15, 0.2) is 0 Å². The Morgan fingerprint density at radius 1 is 1.45 bits per heavy atom. The van der Waals surface area contributed by atoms with Crippen molar-refractivity contribution in [1.82, 2.24) is 9.29 Å². The molecule has 0 aromatic carbocycles. The number of rotatable bonds is 3. The van der Waals surface area contributed by atoms with Crippen LogP contribution in [0.4, 0.5) is 5.69 Å². The summed E-state index contributed by atoms with van der Waals surface area (Å²) in [6.45, 7) is 2.78. The molecule has 1 aliphatic rings. The number of hydrogen-bond acceptors (Lipinski definition) is 6. The van der Waals surface area contributed by atoms with Gasteiger partial charge in [-0.05, 0) is 30.5 Å². The first-order valence-electron chi connectivity index (χ1n) is 6.86. The van der Waals surface area contributed by atoms with Crippen molar-refractivity contribution in [2.75, 3.05) is 25.4 Å². The van der Waals surface area contributed by atoms with Gasteiger partial charge in [-0.15, -0.1) is 11.3 Å². The molecule has 0 spiro atoms. The topological polar surface area (TPSA) is 85.5 Å². The number of morpholine rings is 1. The van der Waals surface area contributed by atoms with Gasteiger partial charge in [0.2, 0.25) is 0 Å². The molecule has 22 heavy (non-hydrogen) atoms. The number of nitrogen functional groups attached to an aromatic ring is 1. The predicted molar refractivity (Wildman–Crippen MR) is 85.2 cm³/mol. The Hall–Kier alpha value is -1.48. The fraction of sp³-hybridized carbons (Fsp3) is 0.357. The zero-order valence-electron chi connectivity index (χ0n) is 12.1. The number of pyridine rings is 1. The van der Waals surface area contributed by atoms with Crippen LogP contribution in [0.5, 0.6) is 0 Å². The van der Waals surface area contributed by atoms with Gasteiger partial charge in [-0.1, -0.05) is 6.07 Å². The molecular weight excluding hydrogens is 322 g/mol. The largest absolute Gasteiger partial charge is 0.399 e. The van der Waals surface area contributed by atoms with E-state index in [0.717, 1.165) is 5.69 Å². The summed E-state index contributed by atoms with van der Waals surface area (Å²) in [5.74, 6) is 0. The van der Waals surface area contributed by atoms with Crippen LogP contribution < -0.4 is 5.73 Å². The van der Waals surface area contributed by atoms with Crippen molar-refractivity contribution in [3.8, 4) is 0 Å². The SMILES string of the molecule is Cc1cc(N)cc([C@@H]2CN(S(=O)(=O)c3cccs3)CCO2)n1. The lowest BCUT2D eigenvalue weighted by Gasteiger charge is -2.31. The lowest BCUT2D eigenvalue weighted by molar-refractivity contribution is -0.00491. The van der Waals surface area contributed by atoms with Crippen molar-refractivity contribution < 1.29 is 13.2 Å². The minimum atomic E-state index is -3.47. The van der Waals surface area contributed by atoms with Crippen LogP contribution in [0.15, 0.2) is 33.9 Å². The Morgan fingerprint density at radius 3 is 2.95 bits per heavy atom. The molecule has 0 aliphatic carbocycles. The molecular formula is C14H17N3O3S2. The second-order valence-electron chi connectivity index (χ2n) is 5.12. The molecule has 0 amide bonds. The van der Waals surface area contributed by atoms with Crippen LogP contribution in [-0.4, -0.2) is 37.4 Å². The van der Waals surface area contributed by atoms with Crippen LogP contribution >= 0.6 is 11.3 Å². The molecule has 3 heterocycles. The highest BCUT2D eigenvalue weighted by atomic mass is 32.2. The van der Waals surface area contributed by atoms with Crippen LogP contribution in [0.25, 0.3) is 0 Å². The summed E-state index contributed by atoms with van der Waals surface area (Å²) < 4.78 is 32.7. The Bertz CT molecular complexity index is 739. The summed E-state index contributed by atoms with van der Waals surface area (Å²) in [4.78, 5) is 4.41. The van der Waals surface area contributed by atoms with Crippen LogP contribution in [0.2, 0.25) is 0 Å². The first kappa shape index (κ1) is 15.4. The first-order chi connectivity index (χ1) is 10.5. The van der Waals surface area contributed by atoms with Crippen LogP contribution in [0.3, 0.4) is 0 Å². The van der Waals surface area contributed by atoms with Gasteiger partial charge in [-0.3, -0.25) is 4.98 Å². The van der Waals surface area contributed by atoms with Gasteiger partial charge in [-0.25, -0.2) is 8.42 Å². The van der Waals surface area contributed by atoms with Gasteiger partial charge in [0.05, 0.1) is 12.3 Å². The normalized spacial score (nSPS) is 20.1. The summed E-state index contributed by atoms with van der Waals surface area (Å²) in [5.41, 5.74) is 7.90. The maximum absolute atomic E-state index is 12.6. The minimum absolute atomic E-state index is 0.246. The van der Waals surface area contributed by atoms with E-state index in [-0.39, 0.29) is 6.54 Å². The molecule has 2 aromatic rings. The van der Waals surface area contributed by atoms with Crippen molar-refractivity contribution in [2.24, 2.45) is 0 Å². The third kappa shape index (κ3) is 3.00. The summed E-state index contributed by atoms with van der Waals surface area (Å²) in [7, 11) is -3.47. The van der Waals surface area contributed by atoms with E-state index in [1.54, 1.807) is 29.6 Å². The maximum Gasteiger partial charge on any atom is 0.252 e. The lowest BCUT2D eigenvalue weighted by atomic mass is 10.2. The highest BCUT2D eigenvalue weighted by Crippen LogP contribution is 2.28. The van der Waals surface area contributed by atoms with Gasteiger partial charge in [-0.2, -0.15) is 4.31 Å². The molecule has 1 aliphatic heterocycles. The van der Waals surface area contributed by atoms with Crippen LogP contribution in [-0.2, 0) is 14.8 Å². The molecule has 8 heteroatoms. The Balaban J connectivity index is 1.86. The average molecular weight is 339 g/mol. The number of aryl methyl sites for hydroxylation is 1. The number of ether oxygens (including phenoxy) is 1. The Kier molecular flexibility index (Phi) is 4.18. The van der Waals surface area contributed by atoms with Gasteiger partial charge >= 0.3 is 0 Å². The quantitative estimate of drug-likeness (QED) is 0.921. The monoisotopic (exact) mass is 339 g/mol. The smallest absolute Gasteiger partial charge is 0.252 e. The fourth-order valence-corrected chi connectivity index (χ4v) is 5.02. The number of aromatic nitrogens is 1. The van der Waals surface area contributed by atoms with E-state index in [1.165, 1.54) is 15.6 Å². The van der Waals surface area contributed by atoms with E-state index in [0.29, 0.717) is 28.7 Å². The summed E-state index contributed by atoms with van der Waals surface area (Å²) in [5, 5.41) is 1.76. The van der Waals surface area contributed by atoms with Gasteiger partial charge in [0.1, 0.15) is 10.3 Å². The number of nitrogens with zero attached hydrogens (tertiary/aromatic N) is 2. The molecule has 0 saturated carbocycles. The number of thiophene rings is 1. The number of sulfonamides is 1. The summed E-state index contributed by atoms with van der Waals surface area (Å²) >= 11 is 1.22. The first-order valence-corrected chi connectivity index (χ1v) is 9.18. The van der Waals surface area contributed by atoms with Crippen molar-refractivity contribution in [2.45, 2.75) is 17.2 Å². The van der Waals surface area contributed by atoms with Gasteiger partial charge < -0.3 is 10.5 Å². The summed E-state index contributed by atoms with van der Waals surface area (Å²) in [6.07, 6.45) is -0.398. The predicted octanol–water partition coefficient (Wildman–Crippen LogP) is 1.80. The summed E-state index contributed by atoms with van der Waals surface area (Å²) in [6, 6.07) is 6.86. The van der Waals surface area contributed by atoms with E-state index in [4.69, 9.17) is 10.5 Å². The zero-order valence-corrected chi connectivity index (χ0v) is 13.7. The standard InChI is InChI=1S/C14H17N3O3S2/c1-10-7-11(15)8-12(16-10)13-9-17(4-5-20-13)22(18,19)14-3-2-6-21-14/h2-3,6-8,13H,4-5,9H2,1H3,(H2,15,16)/t13-/m0/s1. The van der Waals surface area contributed by atoms with Crippen LogP contribution in [0.1, 0.15) is 17.5 Å². The fourth-order valence-electron chi connectivity index (χ4n) is 2.45. The molecule has 3 rings (SSSR count). The van der Waals surface area contributed by atoms with Crippen molar-refractivity contribution >= 4 is 27.0 Å². The van der Waals surface area contributed by atoms with E-state index < -0.39 is 16.1 Å². The second-order valence-corrected chi connectivity index (χ2v) is 8.23. The molecule has 2 aromatic heterocycles. The minimum Gasteiger partial charge on any atom is -0.399 e. The lowest BCUT2D eigenvalue weighted by Crippen LogP contribution is -2.42. The maximum atomic E-state index is 12.6. The highest BCUT2D eigenvalue weighted by molar-refractivity contribution is 7.91. The molecule has 118 valence electrons. The van der Waals surface area contributed by atoms with E-state index in [2.05, 4.69) is 4.98 Å². The van der Waals surface area contributed by atoms with E-state index >= 15 is 0 Å². The number of hydrogen-bond donors (Lipinski definition) is 1. The second kappa shape index (κ2) is 5.96. The Morgan fingerprint density at radius 2 is 2.27 bits per heavy atom. The van der Waals surface area contributed by atoms with Gasteiger partial charge in [0, 0.05) is 24.5 Å². The van der Waals surface area contributed by atoms with Crippen molar-refractivity contribution in [3.05, 3.63) is 41.0 Å². The molecule has 0 unspecified atom stereocenters. The van der Waals surface area contributed by atoms with E-state index in [1.807, 2.05) is 6.92 Å². The number of anilines is 1. The number of nitrogens with two attached hydrogens (primary N) is 1. The zero-order chi connectivity index (χ0) is 15.7. The molecule has 6 nitrogen and oxygen atoms in total. The Labute approximate surface area is 133 Å². The van der Waals surface area contributed by atoms with Crippen LogP contribution in [0, 0.1) is 6.92 Å². The van der Waals surface area contributed by atoms with Crippen molar-refractivity contribution in [1.29, 1.82) is 0 Å². The van der Waals surface area contributed by atoms with E-state index in [9.17, 15) is 8.42 Å². The highest BCUT2D eigenvalue weighted by Gasteiger charge is 2.32. The average Bonchev–Trinajstić information content (AvgIpc) is 3.01. The molecule has 1 fully saturated rings. The molecule has 1 saturated heterocycles. The molecule has 0 bridgehead atoms. The third-order valence-corrected chi connectivity index (χ3v) is 6.68. The van der Waals surface area contributed by atoms with Gasteiger partial charge in [0.25, 0.3) is 10.0 Å². The molecule has 2 N–H and O–H groups in total. The third-order valence-electron chi connectivity index (χ3n) is 3.44.